The van der Waals surface area contributed by atoms with Gasteiger partial charge in [0, 0.05) is 33.1 Å². The molecule has 0 aliphatic rings. The van der Waals surface area contributed by atoms with Gasteiger partial charge in [-0.05, 0) is 25.5 Å². The summed E-state index contributed by atoms with van der Waals surface area (Å²) in [4.78, 5) is 12.4. The zero-order valence-electron chi connectivity index (χ0n) is 12.2. The molecule has 1 aromatic heterocycles. The Morgan fingerprint density at radius 2 is 1.78 bits per heavy atom. The minimum absolute atomic E-state index is 0.347. The molecule has 0 saturated carbocycles. The van der Waals surface area contributed by atoms with E-state index in [1.807, 2.05) is 38.0 Å². The van der Waals surface area contributed by atoms with Crippen LogP contribution in [0, 0.1) is 0 Å². The summed E-state index contributed by atoms with van der Waals surface area (Å²) in [6, 6.07) is 4.62. The number of likely N-dealkylation sites (N-methyl/N-ethyl adjacent to an activating group) is 1. The lowest BCUT2D eigenvalue weighted by atomic mass is 10.2. The molecule has 0 amide bonds. The van der Waals surface area contributed by atoms with Gasteiger partial charge in [0.2, 0.25) is 0 Å². The Hall–Kier alpha value is -1.07. The average molecular weight is 268 g/mol. The van der Waals surface area contributed by atoms with Crippen molar-refractivity contribution in [1.82, 2.24) is 14.7 Å². The van der Waals surface area contributed by atoms with Crippen LogP contribution in [0.1, 0.15) is 10.9 Å². The SMILES string of the molecule is CN(C)C(=NCC(c1cccs1)N(C)C)N(C)C. The van der Waals surface area contributed by atoms with Gasteiger partial charge in [0.1, 0.15) is 0 Å². The molecule has 102 valence electrons. The Kier molecular flexibility index (Phi) is 5.62. The molecule has 0 saturated heterocycles. The quantitative estimate of drug-likeness (QED) is 0.614. The molecule has 0 aliphatic heterocycles. The minimum atomic E-state index is 0.347. The monoisotopic (exact) mass is 268 g/mol. The van der Waals surface area contributed by atoms with Crippen LogP contribution in [0.2, 0.25) is 0 Å². The Morgan fingerprint density at radius 1 is 1.17 bits per heavy atom. The maximum Gasteiger partial charge on any atom is 0.195 e. The summed E-state index contributed by atoms with van der Waals surface area (Å²) in [5.41, 5.74) is 0. The first-order valence-corrected chi connectivity index (χ1v) is 6.90. The van der Waals surface area contributed by atoms with Gasteiger partial charge in [-0.25, -0.2) is 0 Å². The lowest BCUT2D eigenvalue weighted by Crippen LogP contribution is -2.36. The summed E-state index contributed by atoms with van der Waals surface area (Å²) in [5.74, 6) is 0.999. The van der Waals surface area contributed by atoms with Gasteiger partial charge in [-0.15, -0.1) is 11.3 Å². The summed E-state index contributed by atoms with van der Waals surface area (Å²) >= 11 is 1.79. The summed E-state index contributed by atoms with van der Waals surface area (Å²) in [6.45, 7) is 0.777. The molecule has 1 rings (SSSR count). The number of hydrogen-bond acceptors (Lipinski definition) is 3. The average Bonchev–Trinajstić information content (AvgIpc) is 2.75. The molecule has 1 heterocycles. The summed E-state index contributed by atoms with van der Waals surface area (Å²) in [6.07, 6.45) is 0. The normalized spacial score (nSPS) is 12.4. The standard InChI is InChI=1S/C13H24N4S/c1-15(2)11(12-8-7-9-18-12)10-14-13(16(3)4)17(5)6/h7-9,11H,10H2,1-6H3. The lowest BCUT2D eigenvalue weighted by molar-refractivity contribution is 0.308. The van der Waals surface area contributed by atoms with Crippen molar-refractivity contribution in [2.75, 3.05) is 48.8 Å². The highest BCUT2D eigenvalue weighted by atomic mass is 32.1. The highest BCUT2D eigenvalue weighted by Gasteiger charge is 2.15. The first-order valence-electron chi connectivity index (χ1n) is 6.02. The van der Waals surface area contributed by atoms with Crippen LogP contribution in [0.15, 0.2) is 22.5 Å². The Labute approximate surface area is 115 Å². The van der Waals surface area contributed by atoms with E-state index in [1.165, 1.54) is 4.88 Å². The lowest BCUT2D eigenvalue weighted by Gasteiger charge is -2.26. The topological polar surface area (TPSA) is 22.1 Å². The number of rotatable bonds is 4. The van der Waals surface area contributed by atoms with Crippen LogP contribution in [0.3, 0.4) is 0 Å². The van der Waals surface area contributed by atoms with E-state index in [2.05, 4.69) is 36.5 Å². The predicted octanol–water partition coefficient (Wildman–Crippen LogP) is 1.83. The summed E-state index contributed by atoms with van der Waals surface area (Å²) in [7, 11) is 12.3. The van der Waals surface area contributed by atoms with E-state index in [9.17, 15) is 0 Å². The highest BCUT2D eigenvalue weighted by Crippen LogP contribution is 2.23. The zero-order valence-corrected chi connectivity index (χ0v) is 13.0. The van der Waals surface area contributed by atoms with Crippen LogP contribution in [-0.2, 0) is 0 Å². The van der Waals surface area contributed by atoms with Crippen molar-refractivity contribution in [3.63, 3.8) is 0 Å². The van der Waals surface area contributed by atoms with E-state index in [4.69, 9.17) is 4.99 Å². The molecule has 0 spiro atoms. The molecule has 0 fully saturated rings. The molecule has 1 unspecified atom stereocenters. The molecule has 18 heavy (non-hydrogen) atoms. The van der Waals surface area contributed by atoms with Crippen molar-refractivity contribution in [1.29, 1.82) is 0 Å². The predicted molar refractivity (Wildman–Crippen MR) is 80.4 cm³/mol. The first-order chi connectivity index (χ1) is 8.43. The molecular weight excluding hydrogens is 244 g/mol. The van der Waals surface area contributed by atoms with Gasteiger partial charge in [-0.3, -0.25) is 4.99 Å². The first kappa shape index (κ1) is 15.0. The number of guanidine groups is 1. The van der Waals surface area contributed by atoms with Gasteiger partial charge < -0.3 is 14.7 Å². The smallest absolute Gasteiger partial charge is 0.195 e. The largest absolute Gasteiger partial charge is 0.349 e. The van der Waals surface area contributed by atoms with Crippen molar-refractivity contribution < 1.29 is 0 Å². The van der Waals surface area contributed by atoms with Crippen LogP contribution in [0.5, 0.6) is 0 Å². The van der Waals surface area contributed by atoms with Crippen LogP contribution >= 0.6 is 11.3 Å². The summed E-state index contributed by atoms with van der Waals surface area (Å²) in [5, 5.41) is 2.12. The van der Waals surface area contributed by atoms with Crippen molar-refractivity contribution in [2.45, 2.75) is 6.04 Å². The fraction of sp³-hybridized carbons (Fsp3) is 0.615. The molecule has 0 radical (unpaired) electrons. The van der Waals surface area contributed by atoms with Gasteiger partial charge in [-0.2, -0.15) is 0 Å². The third-order valence-corrected chi connectivity index (χ3v) is 3.67. The van der Waals surface area contributed by atoms with Gasteiger partial charge in [0.25, 0.3) is 0 Å². The van der Waals surface area contributed by atoms with Gasteiger partial charge in [0.15, 0.2) is 5.96 Å². The van der Waals surface area contributed by atoms with Crippen molar-refractivity contribution in [3.8, 4) is 0 Å². The molecule has 1 atom stereocenters. The number of thiophene rings is 1. The van der Waals surface area contributed by atoms with Crippen LogP contribution in [-0.4, -0.2) is 69.5 Å². The Morgan fingerprint density at radius 3 is 2.17 bits per heavy atom. The Balaban J connectivity index is 2.82. The fourth-order valence-corrected chi connectivity index (χ4v) is 2.75. The molecule has 4 nitrogen and oxygen atoms in total. The van der Waals surface area contributed by atoms with Gasteiger partial charge in [0.05, 0.1) is 12.6 Å². The molecule has 0 N–H and O–H groups in total. The van der Waals surface area contributed by atoms with Crippen molar-refractivity contribution >= 4 is 17.3 Å². The van der Waals surface area contributed by atoms with Crippen LogP contribution in [0.25, 0.3) is 0 Å². The van der Waals surface area contributed by atoms with E-state index in [0.717, 1.165) is 12.5 Å². The van der Waals surface area contributed by atoms with E-state index in [1.54, 1.807) is 11.3 Å². The van der Waals surface area contributed by atoms with E-state index in [0.29, 0.717) is 6.04 Å². The van der Waals surface area contributed by atoms with E-state index < -0.39 is 0 Å². The second-order valence-electron chi connectivity index (χ2n) is 4.92. The molecule has 0 bridgehead atoms. The van der Waals surface area contributed by atoms with Crippen molar-refractivity contribution in [2.24, 2.45) is 4.99 Å². The second kappa shape index (κ2) is 6.75. The molecule has 0 aromatic carbocycles. The van der Waals surface area contributed by atoms with Gasteiger partial charge >= 0.3 is 0 Å². The number of hydrogen-bond donors (Lipinski definition) is 0. The zero-order chi connectivity index (χ0) is 13.7. The number of nitrogens with zero attached hydrogens (tertiary/aromatic N) is 4. The summed E-state index contributed by atoms with van der Waals surface area (Å²) < 4.78 is 0. The third-order valence-electron chi connectivity index (χ3n) is 2.70. The van der Waals surface area contributed by atoms with Gasteiger partial charge in [-0.1, -0.05) is 6.07 Å². The Bertz CT molecular complexity index is 358. The second-order valence-corrected chi connectivity index (χ2v) is 5.90. The minimum Gasteiger partial charge on any atom is -0.349 e. The van der Waals surface area contributed by atoms with Crippen LogP contribution in [0.4, 0.5) is 0 Å². The maximum absolute atomic E-state index is 4.73. The third kappa shape index (κ3) is 3.99. The fourth-order valence-electron chi connectivity index (χ4n) is 1.84. The maximum atomic E-state index is 4.73. The number of aliphatic imine (C=N–C) groups is 1. The molecule has 1 aromatic rings. The highest BCUT2D eigenvalue weighted by molar-refractivity contribution is 7.10. The van der Waals surface area contributed by atoms with E-state index >= 15 is 0 Å². The molecule has 0 aliphatic carbocycles. The molecular formula is C13H24N4S. The molecule has 5 heteroatoms. The van der Waals surface area contributed by atoms with Crippen LogP contribution < -0.4 is 0 Å². The van der Waals surface area contributed by atoms with E-state index in [-0.39, 0.29) is 0 Å². The van der Waals surface area contributed by atoms with Crippen molar-refractivity contribution in [3.05, 3.63) is 22.4 Å².